The minimum absolute atomic E-state index is 0.481. The van der Waals surface area contributed by atoms with Gasteiger partial charge in [0.25, 0.3) is 11.5 Å². The molecule has 6 N–H and O–H groups in total. The van der Waals surface area contributed by atoms with Crippen molar-refractivity contribution < 1.29 is 9.90 Å². The Hall–Kier alpha value is -3.62. The first-order valence-electron chi connectivity index (χ1n) is 8.78. The van der Waals surface area contributed by atoms with Crippen molar-refractivity contribution in [2.45, 2.75) is 26.3 Å². The van der Waals surface area contributed by atoms with Crippen molar-refractivity contribution in [3.05, 3.63) is 68.1 Å². The van der Waals surface area contributed by atoms with Crippen molar-refractivity contribution in [3.8, 4) is 5.75 Å². The molecule has 28 heavy (non-hydrogen) atoms. The topological polar surface area (TPSA) is 151 Å². The molecule has 0 aliphatic carbocycles. The summed E-state index contributed by atoms with van der Waals surface area (Å²) < 4.78 is 0. The fraction of sp³-hybridized carbons (Fsp3) is 0.263. The summed E-state index contributed by atoms with van der Waals surface area (Å²) in [4.78, 5) is 39.1. The number of carbonyl (C=O) groups is 1. The maximum absolute atomic E-state index is 12.4. The Bertz CT molecular complexity index is 1010. The molecule has 2 aromatic rings. The van der Waals surface area contributed by atoms with Crippen molar-refractivity contribution in [2.24, 2.45) is 0 Å². The molecule has 1 aromatic heterocycles. The minimum Gasteiger partial charge on any atom is -0.501 e. The molecule has 1 aromatic carbocycles. The molecule has 0 spiro atoms. The summed E-state index contributed by atoms with van der Waals surface area (Å²) in [5, 5.41) is 23.1. The van der Waals surface area contributed by atoms with Crippen LogP contribution in [-0.4, -0.2) is 33.7 Å². The van der Waals surface area contributed by atoms with Gasteiger partial charge in [-0.15, -0.1) is 0 Å². The number of aromatic hydroxyl groups is 1. The molecule has 0 fully saturated rings. The van der Waals surface area contributed by atoms with E-state index in [9.17, 15) is 19.5 Å². The van der Waals surface area contributed by atoms with Crippen molar-refractivity contribution in [1.82, 2.24) is 20.6 Å². The van der Waals surface area contributed by atoms with Crippen molar-refractivity contribution >= 4 is 17.7 Å². The first kappa shape index (κ1) is 20.7. The van der Waals surface area contributed by atoms with E-state index in [2.05, 4.69) is 15.6 Å². The third-order valence-corrected chi connectivity index (χ3v) is 4.02. The summed E-state index contributed by atoms with van der Waals surface area (Å²) >= 11 is 0. The second kappa shape index (κ2) is 9.36. The van der Waals surface area contributed by atoms with Gasteiger partial charge in [0.05, 0.1) is 6.04 Å². The Balaban J connectivity index is 2.23. The van der Waals surface area contributed by atoms with Gasteiger partial charge in [-0.1, -0.05) is 25.1 Å². The lowest BCUT2D eigenvalue weighted by atomic mass is 10.0. The molecule has 9 nitrogen and oxygen atoms in total. The summed E-state index contributed by atoms with van der Waals surface area (Å²) in [5.41, 5.74) is -0.191. The Morgan fingerprint density at radius 1 is 1.32 bits per heavy atom. The Labute approximate surface area is 161 Å². The van der Waals surface area contributed by atoms with E-state index in [-0.39, 0.29) is 0 Å². The number of allylic oxidation sites excluding steroid dienone is 1. The molecule has 1 heterocycles. The zero-order valence-electron chi connectivity index (χ0n) is 15.6. The van der Waals surface area contributed by atoms with E-state index in [0.29, 0.717) is 5.57 Å². The fourth-order valence-electron chi connectivity index (χ4n) is 2.52. The summed E-state index contributed by atoms with van der Waals surface area (Å²) in [6.45, 7) is 4.56. The number of hydrogen-bond donors (Lipinski definition) is 6. The molecule has 1 amide bonds. The monoisotopic (exact) mass is 385 g/mol. The number of benzene rings is 1. The maximum atomic E-state index is 12.4. The number of aromatic nitrogens is 2. The number of nitrogens with one attached hydrogen (secondary N) is 5. The standard InChI is InChI=1S/C19H23N5O4/c1-3-7-21-10-14(9-20)13-6-4-5-12(8-13)11(2)22-17(26)15-16(25)18(27)24-19(28)23-15/h4-6,8-11,20-21,25H,3,7H2,1-2H3,(H,22,26)(H2,23,24,27,28)/b14-10+,20-9?/t11-/m1/s1. The zero-order chi connectivity index (χ0) is 20.7. The van der Waals surface area contributed by atoms with E-state index in [1.807, 2.05) is 24.0 Å². The minimum atomic E-state index is -1.04. The number of aromatic amines is 2. The van der Waals surface area contributed by atoms with Gasteiger partial charge < -0.3 is 21.1 Å². The fourth-order valence-corrected chi connectivity index (χ4v) is 2.52. The van der Waals surface area contributed by atoms with E-state index in [0.717, 1.165) is 24.1 Å². The zero-order valence-corrected chi connectivity index (χ0v) is 15.6. The molecular weight excluding hydrogens is 362 g/mol. The summed E-state index contributed by atoms with van der Waals surface area (Å²) in [5.74, 6) is -1.64. The molecule has 148 valence electrons. The van der Waals surface area contributed by atoms with E-state index in [4.69, 9.17) is 5.41 Å². The van der Waals surface area contributed by atoms with E-state index < -0.39 is 34.6 Å². The number of amides is 1. The van der Waals surface area contributed by atoms with Crippen LogP contribution >= 0.6 is 0 Å². The predicted molar refractivity (Wildman–Crippen MR) is 107 cm³/mol. The third-order valence-electron chi connectivity index (χ3n) is 4.02. The smallest absolute Gasteiger partial charge is 0.326 e. The van der Waals surface area contributed by atoms with Gasteiger partial charge in [0, 0.05) is 24.5 Å². The molecule has 0 saturated heterocycles. The summed E-state index contributed by atoms with van der Waals surface area (Å²) in [6.07, 6.45) is 3.96. The first-order chi connectivity index (χ1) is 13.4. The van der Waals surface area contributed by atoms with Crippen LogP contribution in [0.2, 0.25) is 0 Å². The van der Waals surface area contributed by atoms with Crippen LogP contribution in [-0.2, 0) is 0 Å². The third kappa shape index (κ3) is 4.97. The van der Waals surface area contributed by atoms with Gasteiger partial charge in [0.15, 0.2) is 5.69 Å². The van der Waals surface area contributed by atoms with Gasteiger partial charge in [0.1, 0.15) is 0 Å². The average Bonchev–Trinajstić information content (AvgIpc) is 2.68. The van der Waals surface area contributed by atoms with E-state index in [1.165, 1.54) is 6.21 Å². The van der Waals surface area contributed by atoms with Crippen LogP contribution in [0.1, 0.15) is 47.9 Å². The summed E-state index contributed by atoms with van der Waals surface area (Å²) in [7, 11) is 0. The molecule has 0 aliphatic rings. The van der Waals surface area contributed by atoms with Crippen LogP contribution in [0.5, 0.6) is 5.75 Å². The highest BCUT2D eigenvalue weighted by molar-refractivity contribution is 6.08. The first-order valence-corrected chi connectivity index (χ1v) is 8.78. The molecular formula is C19H23N5O4. The number of hydrogen-bond acceptors (Lipinski definition) is 6. The van der Waals surface area contributed by atoms with Gasteiger partial charge in [0.2, 0.25) is 5.75 Å². The van der Waals surface area contributed by atoms with Crippen molar-refractivity contribution in [1.29, 1.82) is 5.41 Å². The lowest BCUT2D eigenvalue weighted by Crippen LogP contribution is -2.32. The highest BCUT2D eigenvalue weighted by atomic mass is 16.3. The second-order valence-corrected chi connectivity index (χ2v) is 6.15. The molecule has 1 atom stereocenters. The van der Waals surface area contributed by atoms with Crippen LogP contribution in [0.3, 0.4) is 0 Å². The van der Waals surface area contributed by atoms with Crippen LogP contribution in [0.4, 0.5) is 0 Å². The molecule has 0 aliphatic heterocycles. The largest absolute Gasteiger partial charge is 0.501 e. The molecule has 2 rings (SSSR count). The number of carbonyl (C=O) groups excluding carboxylic acids is 1. The molecule has 0 bridgehead atoms. The number of rotatable bonds is 8. The van der Waals surface area contributed by atoms with Crippen molar-refractivity contribution in [2.75, 3.05) is 6.54 Å². The Kier molecular flexibility index (Phi) is 6.91. The second-order valence-electron chi connectivity index (χ2n) is 6.15. The quantitative estimate of drug-likeness (QED) is 0.298. The average molecular weight is 385 g/mol. The van der Waals surface area contributed by atoms with Crippen LogP contribution in [0, 0.1) is 5.41 Å². The lowest BCUT2D eigenvalue weighted by molar-refractivity contribution is 0.0931. The Morgan fingerprint density at radius 3 is 2.75 bits per heavy atom. The predicted octanol–water partition coefficient (Wildman–Crippen LogP) is 1.25. The van der Waals surface area contributed by atoms with Gasteiger partial charge in [-0.05, 0) is 30.5 Å². The SMILES string of the molecule is CCCN/C=C(\C=N)c1cccc([C@@H](C)NC(=O)c2[nH]c(=O)[nH]c(=O)c2O)c1. The molecule has 9 heteroatoms. The van der Waals surface area contributed by atoms with Gasteiger partial charge in [-0.2, -0.15) is 0 Å². The van der Waals surface area contributed by atoms with Gasteiger partial charge in [-0.3, -0.25) is 19.6 Å². The normalized spacial score (nSPS) is 12.3. The van der Waals surface area contributed by atoms with Crippen LogP contribution in [0.15, 0.2) is 40.1 Å². The van der Waals surface area contributed by atoms with Gasteiger partial charge in [-0.25, -0.2) is 4.79 Å². The molecule has 0 unspecified atom stereocenters. The maximum Gasteiger partial charge on any atom is 0.326 e. The van der Waals surface area contributed by atoms with Gasteiger partial charge >= 0.3 is 5.69 Å². The molecule has 0 saturated carbocycles. The highest BCUT2D eigenvalue weighted by Crippen LogP contribution is 2.19. The summed E-state index contributed by atoms with van der Waals surface area (Å²) in [6, 6.07) is 6.80. The Morgan fingerprint density at radius 2 is 2.07 bits per heavy atom. The van der Waals surface area contributed by atoms with Crippen molar-refractivity contribution in [3.63, 3.8) is 0 Å². The van der Waals surface area contributed by atoms with Crippen LogP contribution < -0.4 is 21.9 Å². The van der Waals surface area contributed by atoms with Crippen LogP contribution in [0.25, 0.3) is 5.57 Å². The number of H-pyrrole nitrogens is 2. The lowest BCUT2D eigenvalue weighted by Gasteiger charge is -2.16. The van der Waals surface area contributed by atoms with E-state index >= 15 is 0 Å². The van der Waals surface area contributed by atoms with E-state index in [1.54, 1.807) is 25.3 Å². The highest BCUT2D eigenvalue weighted by Gasteiger charge is 2.18. The molecule has 0 radical (unpaired) electrons.